The van der Waals surface area contributed by atoms with Crippen LogP contribution in [0.4, 0.5) is 17.3 Å². The topological polar surface area (TPSA) is 6.48 Å². The van der Waals surface area contributed by atoms with E-state index >= 15 is 0 Å². The highest BCUT2D eigenvalue weighted by atomic mass is 19.5. The maximum absolute atomic E-state index is 9.75. The van der Waals surface area contributed by atoms with Crippen molar-refractivity contribution < 1.29 is 18.7 Å². The van der Waals surface area contributed by atoms with Crippen molar-refractivity contribution in [3.63, 3.8) is 0 Å². The van der Waals surface area contributed by atoms with Gasteiger partial charge < -0.3 is 27.1 Å². The van der Waals surface area contributed by atoms with Crippen LogP contribution in [0.3, 0.4) is 0 Å². The van der Waals surface area contributed by atoms with E-state index in [1.54, 1.807) is 0 Å². The van der Waals surface area contributed by atoms with Crippen LogP contribution in [-0.4, -0.2) is 36.8 Å². The number of nitrogens with zero attached hydrogens (tertiary/aromatic N) is 2. The lowest BCUT2D eigenvalue weighted by atomic mass is 10.3. The third-order valence-electron chi connectivity index (χ3n) is 1.58. The molecule has 1 heterocycles. The lowest BCUT2D eigenvalue weighted by Crippen LogP contribution is -2.25. The summed E-state index contributed by atoms with van der Waals surface area (Å²) in [6.45, 7) is 10.2. The Kier molecular flexibility index (Phi) is 6.37. The molecule has 0 aliphatic carbocycles. The van der Waals surface area contributed by atoms with Gasteiger partial charge in [0, 0.05) is 25.5 Å². The summed E-state index contributed by atoms with van der Waals surface area (Å²) in [5.41, 5.74) is 0. The molecule has 0 aromatic heterocycles. The van der Waals surface area contributed by atoms with Crippen LogP contribution < -0.4 is 0 Å². The molecule has 16 heavy (non-hydrogen) atoms. The Morgan fingerprint density at radius 1 is 1.06 bits per heavy atom. The van der Waals surface area contributed by atoms with Crippen LogP contribution in [0.1, 0.15) is 1.43 Å². The number of halogens is 4. The first-order chi connectivity index (χ1) is 7.36. The SMILES string of the molecule is C=CCN1C=CN(CC=C)C1.F[B-](F)(F)F.[H+]. The molecule has 1 aliphatic rings. The molecule has 0 saturated carbocycles. The third-order valence-corrected chi connectivity index (χ3v) is 1.58. The Hall–Kier alpha value is -1.40. The van der Waals surface area contributed by atoms with Crippen molar-refractivity contribution in [1.29, 1.82) is 0 Å². The predicted octanol–water partition coefficient (Wildman–Crippen LogP) is 2.82. The van der Waals surface area contributed by atoms with Crippen LogP contribution in [0, 0.1) is 0 Å². The van der Waals surface area contributed by atoms with Gasteiger partial charge >= 0.3 is 8.68 Å². The fraction of sp³-hybridized carbons (Fsp3) is 0.333. The molecule has 0 amide bonds. The van der Waals surface area contributed by atoms with Crippen molar-refractivity contribution in [3.8, 4) is 0 Å². The van der Waals surface area contributed by atoms with E-state index < -0.39 is 7.25 Å². The van der Waals surface area contributed by atoms with Crippen LogP contribution in [0.5, 0.6) is 0 Å². The first-order valence-electron chi connectivity index (χ1n) is 4.62. The van der Waals surface area contributed by atoms with Gasteiger partial charge in [-0.05, 0) is 0 Å². The first-order valence-corrected chi connectivity index (χ1v) is 4.62. The summed E-state index contributed by atoms with van der Waals surface area (Å²) in [5.74, 6) is 0. The lowest BCUT2D eigenvalue weighted by Gasteiger charge is -2.18. The predicted molar refractivity (Wildman–Crippen MR) is 59.1 cm³/mol. The Morgan fingerprint density at radius 3 is 1.62 bits per heavy atom. The highest BCUT2D eigenvalue weighted by molar-refractivity contribution is 6.50. The van der Waals surface area contributed by atoms with E-state index in [0.29, 0.717) is 0 Å². The van der Waals surface area contributed by atoms with Crippen LogP contribution in [0.2, 0.25) is 0 Å². The van der Waals surface area contributed by atoms with Gasteiger partial charge in [-0.2, -0.15) is 0 Å². The zero-order valence-electron chi connectivity index (χ0n) is 9.83. The van der Waals surface area contributed by atoms with Gasteiger partial charge in [0.1, 0.15) is 0 Å². The molecular weight excluding hydrogens is 223 g/mol. The summed E-state index contributed by atoms with van der Waals surface area (Å²) in [5, 5.41) is 0. The molecule has 1 rings (SSSR count). The molecule has 0 saturated heterocycles. The molecule has 0 spiro atoms. The van der Waals surface area contributed by atoms with Crippen molar-refractivity contribution >= 4 is 7.25 Å². The van der Waals surface area contributed by atoms with Crippen LogP contribution in [0.25, 0.3) is 0 Å². The molecule has 1 aliphatic heterocycles. The quantitative estimate of drug-likeness (QED) is 0.422. The highest BCUT2D eigenvalue weighted by Crippen LogP contribution is 2.06. The highest BCUT2D eigenvalue weighted by Gasteiger charge is 2.20. The average Bonchev–Trinajstić information content (AvgIpc) is 2.51. The maximum atomic E-state index is 9.75. The second kappa shape index (κ2) is 6.97. The Labute approximate surface area is 94.1 Å². The second-order valence-electron chi connectivity index (χ2n) is 3.05. The number of rotatable bonds is 4. The fourth-order valence-electron chi connectivity index (χ4n) is 1.08. The summed E-state index contributed by atoms with van der Waals surface area (Å²) >= 11 is 0. The Balaban J connectivity index is 0. The normalized spacial score (nSPS) is 14.5. The number of hydrogen-bond donors (Lipinski definition) is 0. The molecule has 0 unspecified atom stereocenters. The summed E-state index contributed by atoms with van der Waals surface area (Å²) in [6.07, 6.45) is 7.96. The molecule has 0 N–H and O–H groups in total. The van der Waals surface area contributed by atoms with Gasteiger partial charge in [-0.1, -0.05) is 12.2 Å². The summed E-state index contributed by atoms with van der Waals surface area (Å²) in [6, 6.07) is 0. The van der Waals surface area contributed by atoms with Gasteiger partial charge in [0.15, 0.2) is 0 Å². The molecule has 2 nitrogen and oxygen atoms in total. The summed E-state index contributed by atoms with van der Waals surface area (Å²) < 4.78 is 39.0. The third kappa shape index (κ3) is 9.17. The maximum Gasteiger partial charge on any atom is 1.00 e. The van der Waals surface area contributed by atoms with E-state index in [2.05, 4.69) is 35.4 Å². The van der Waals surface area contributed by atoms with Crippen molar-refractivity contribution in [1.82, 2.24) is 9.80 Å². The molecule has 0 fully saturated rings. The van der Waals surface area contributed by atoms with Crippen molar-refractivity contribution in [2.24, 2.45) is 0 Å². The Morgan fingerprint density at radius 2 is 1.38 bits per heavy atom. The first kappa shape index (κ1) is 14.6. The van der Waals surface area contributed by atoms with Crippen molar-refractivity contribution in [2.45, 2.75) is 0 Å². The van der Waals surface area contributed by atoms with Gasteiger partial charge in [-0.25, -0.2) is 0 Å². The number of hydrogen-bond acceptors (Lipinski definition) is 2. The summed E-state index contributed by atoms with van der Waals surface area (Å²) in [4.78, 5) is 4.38. The second-order valence-corrected chi connectivity index (χ2v) is 3.05. The molecule has 0 atom stereocenters. The van der Waals surface area contributed by atoms with Crippen molar-refractivity contribution in [2.75, 3.05) is 19.8 Å². The minimum Gasteiger partial charge on any atom is -0.418 e. The smallest absolute Gasteiger partial charge is 0.418 e. The van der Waals surface area contributed by atoms with Gasteiger partial charge in [0.2, 0.25) is 0 Å². The average molecular weight is 238 g/mol. The van der Waals surface area contributed by atoms with Gasteiger partial charge in [-0.3, -0.25) is 0 Å². The molecular formula is C9H15BF4N2. The zero-order chi connectivity index (χ0) is 12.6. The largest absolute Gasteiger partial charge is 1.00 e. The van der Waals surface area contributed by atoms with Crippen LogP contribution >= 0.6 is 0 Å². The fourth-order valence-corrected chi connectivity index (χ4v) is 1.08. The molecule has 0 aromatic carbocycles. The van der Waals surface area contributed by atoms with E-state index in [0.717, 1.165) is 19.8 Å². The standard InChI is InChI=1S/C9H14N2.BF4/c1-3-5-10-7-8-11(9-10)6-4-2;2-1(3,4)5/h3-4,7-8H,1-2,5-6,9H2;/q;-1/p+1. The van der Waals surface area contributed by atoms with Gasteiger partial charge in [0.05, 0.1) is 6.67 Å². The van der Waals surface area contributed by atoms with Crippen molar-refractivity contribution in [3.05, 3.63) is 37.7 Å². The molecule has 92 valence electrons. The van der Waals surface area contributed by atoms with E-state index in [-0.39, 0.29) is 1.43 Å². The van der Waals surface area contributed by atoms with Crippen LogP contribution in [-0.2, 0) is 0 Å². The van der Waals surface area contributed by atoms with Gasteiger partial charge in [0.25, 0.3) is 0 Å². The molecule has 0 radical (unpaired) electrons. The molecule has 0 bridgehead atoms. The van der Waals surface area contributed by atoms with E-state index in [4.69, 9.17) is 0 Å². The lowest BCUT2D eigenvalue weighted by molar-refractivity contribution is 0.300. The minimum absolute atomic E-state index is 0. The Bertz CT molecular complexity index is 234. The van der Waals surface area contributed by atoms with E-state index in [1.807, 2.05) is 12.2 Å². The monoisotopic (exact) mass is 238 g/mol. The zero-order valence-corrected chi connectivity index (χ0v) is 8.83. The van der Waals surface area contributed by atoms with E-state index in [9.17, 15) is 17.3 Å². The van der Waals surface area contributed by atoms with E-state index in [1.165, 1.54) is 0 Å². The molecule has 0 aromatic rings. The summed E-state index contributed by atoms with van der Waals surface area (Å²) in [7, 11) is -6.00. The minimum atomic E-state index is -6.00. The van der Waals surface area contributed by atoms with Crippen LogP contribution in [0.15, 0.2) is 37.7 Å². The van der Waals surface area contributed by atoms with Gasteiger partial charge in [-0.15, -0.1) is 13.2 Å². The molecule has 7 heteroatoms.